The molecule has 4 amide bonds. The molecule has 0 bridgehead atoms. The third kappa shape index (κ3) is 16.9. The number of rotatable bonds is 19. The van der Waals surface area contributed by atoms with Gasteiger partial charge in [0.15, 0.2) is 0 Å². The average molecular weight is 604 g/mol. The van der Waals surface area contributed by atoms with Gasteiger partial charge in [0.05, 0.1) is 45.9 Å². The molecule has 41 heavy (non-hydrogen) atoms. The number of nitrogens with zero attached hydrogens (tertiary/aromatic N) is 2. The van der Waals surface area contributed by atoms with Crippen LogP contribution in [0.5, 0.6) is 0 Å². The minimum atomic E-state index is -4.02. The van der Waals surface area contributed by atoms with E-state index in [1.54, 1.807) is 20.8 Å². The summed E-state index contributed by atoms with van der Waals surface area (Å²) in [5, 5.41) is 5.66. The van der Waals surface area contributed by atoms with Gasteiger partial charge in [-0.2, -0.15) is 8.42 Å². The Morgan fingerprint density at radius 3 is 2.20 bits per heavy atom. The fourth-order valence-electron chi connectivity index (χ4n) is 4.20. The first kappa shape index (κ1) is 36.2. The number of hydrogen-bond donors (Lipinski definition) is 3. The van der Waals surface area contributed by atoms with Crippen LogP contribution < -0.4 is 10.6 Å². The SMILES string of the molecule is CC(C)(C)OC(=O)CC(CCCCNC(=O)CCCN1C(=O)C=CC1=O)C(=O)NCC[N+](C)(C)CCCS(=O)(=O)O. The summed E-state index contributed by atoms with van der Waals surface area (Å²) in [6.07, 6.45) is 4.74. The molecular formula is C27H47N4O9S+. The fraction of sp³-hybridized carbons (Fsp3) is 0.741. The number of carbonyl (C=O) groups is 5. The number of esters is 1. The summed E-state index contributed by atoms with van der Waals surface area (Å²) in [6.45, 7) is 7.17. The van der Waals surface area contributed by atoms with Gasteiger partial charge in [-0.25, -0.2) is 0 Å². The van der Waals surface area contributed by atoms with Crippen LogP contribution in [-0.2, 0) is 38.8 Å². The van der Waals surface area contributed by atoms with E-state index in [1.807, 2.05) is 14.1 Å². The minimum absolute atomic E-state index is 0.0785. The molecule has 0 aliphatic carbocycles. The standard InChI is InChI=1S/C27H46N4O9S/c1-27(2,3)40-25(35)20-21(26(36)29-15-18-31(4,5)17-9-19-41(37,38)39)10-6-7-14-28-22(32)11-8-16-30-23(33)12-13-24(30)34/h12-13,21H,6-11,14-20H2,1-5H3,(H2-,28,29,32,36,37,38,39)/p+1. The van der Waals surface area contributed by atoms with Crippen molar-refractivity contribution in [3.05, 3.63) is 12.2 Å². The van der Waals surface area contributed by atoms with E-state index in [2.05, 4.69) is 10.6 Å². The number of ether oxygens (including phenoxy) is 1. The van der Waals surface area contributed by atoms with Crippen molar-refractivity contribution in [3.8, 4) is 0 Å². The number of imide groups is 1. The molecule has 0 aromatic carbocycles. The number of quaternary nitrogens is 1. The van der Waals surface area contributed by atoms with Gasteiger partial charge >= 0.3 is 5.97 Å². The van der Waals surface area contributed by atoms with Gasteiger partial charge in [0, 0.05) is 44.0 Å². The van der Waals surface area contributed by atoms with E-state index >= 15 is 0 Å². The van der Waals surface area contributed by atoms with Crippen LogP contribution in [-0.4, -0.2) is 110 Å². The zero-order valence-electron chi connectivity index (χ0n) is 24.9. The molecule has 0 saturated heterocycles. The summed E-state index contributed by atoms with van der Waals surface area (Å²) in [6, 6.07) is 0. The lowest BCUT2D eigenvalue weighted by Gasteiger charge is -2.30. The van der Waals surface area contributed by atoms with Crippen molar-refractivity contribution in [2.45, 2.75) is 71.3 Å². The Morgan fingerprint density at radius 1 is 0.976 bits per heavy atom. The first-order valence-electron chi connectivity index (χ1n) is 14.0. The quantitative estimate of drug-likeness (QED) is 0.0634. The van der Waals surface area contributed by atoms with Crippen LogP contribution in [0.3, 0.4) is 0 Å². The molecule has 1 aliphatic rings. The highest BCUT2D eigenvalue weighted by molar-refractivity contribution is 7.85. The molecule has 0 spiro atoms. The fourth-order valence-corrected chi connectivity index (χ4v) is 4.70. The van der Waals surface area contributed by atoms with Crippen LogP contribution in [0.15, 0.2) is 12.2 Å². The summed E-state index contributed by atoms with van der Waals surface area (Å²) in [4.78, 5) is 61.7. The number of nitrogens with one attached hydrogen (secondary N) is 2. The highest BCUT2D eigenvalue weighted by Crippen LogP contribution is 2.17. The average Bonchev–Trinajstić information content (AvgIpc) is 3.13. The van der Waals surface area contributed by atoms with Crippen molar-refractivity contribution in [3.63, 3.8) is 0 Å². The van der Waals surface area contributed by atoms with Gasteiger partial charge in [0.2, 0.25) is 11.8 Å². The Kier molecular flexibility index (Phi) is 14.6. The monoisotopic (exact) mass is 603 g/mol. The topological polar surface area (TPSA) is 176 Å². The predicted molar refractivity (Wildman–Crippen MR) is 152 cm³/mol. The van der Waals surface area contributed by atoms with Gasteiger partial charge in [-0.3, -0.25) is 33.4 Å². The maximum absolute atomic E-state index is 13.0. The second-order valence-corrected chi connectivity index (χ2v) is 13.5. The smallest absolute Gasteiger partial charge is 0.307 e. The Bertz CT molecular complexity index is 1050. The molecule has 1 unspecified atom stereocenters. The van der Waals surface area contributed by atoms with Crippen LogP contribution in [0.2, 0.25) is 0 Å². The van der Waals surface area contributed by atoms with Crippen molar-refractivity contribution >= 4 is 39.7 Å². The molecule has 234 valence electrons. The van der Waals surface area contributed by atoms with E-state index in [0.29, 0.717) is 56.3 Å². The van der Waals surface area contributed by atoms with Crippen LogP contribution in [0.4, 0.5) is 0 Å². The molecule has 1 rings (SSSR count). The van der Waals surface area contributed by atoms with E-state index in [9.17, 15) is 32.4 Å². The lowest BCUT2D eigenvalue weighted by molar-refractivity contribution is -0.889. The molecule has 0 saturated carbocycles. The molecule has 13 nitrogen and oxygen atoms in total. The maximum atomic E-state index is 13.0. The lowest BCUT2D eigenvalue weighted by Crippen LogP contribution is -2.47. The molecule has 0 aromatic rings. The summed E-state index contributed by atoms with van der Waals surface area (Å²) >= 11 is 0. The Balaban J connectivity index is 2.47. The molecular weight excluding hydrogens is 556 g/mol. The molecule has 1 atom stereocenters. The van der Waals surface area contributed by atoms with Crippen molar-refractivity contribution in [2.75, 3.05) is 52.6 Å². The Labute approximate surface area is 243 Å². The lowest BCUT2D eigenvalue weighted by atomic mass is 9.97. The van der Waals surface area contributed by atoms with Crippen LogP contribution in [0, 0.1) is 5.92 Å². The van der Waals surface area contributed by atoms with Crippen molar-refractivity contribution in [1.82, 2.24) is 15.5 Å². The van der Waals surface area contributed by atoms with E-state index in [1.165, 1.54) is 12.2 Å². The van der Waals surface area contributed by atoms with E-state index in [4.69, 9.17) is 9.29 Å². The second-order valence-electron chi connectivity index (χ2n) is 11.9. The van der Waals surface area contributed by atoms with Gasteiger partial charge in [-0.15, -0.1) is 0 Å². The molecule has 3 N–H and O–H groups in total. The van der Waals surface area contributed by atoms with Crippen LogP contribution >= 0.6 is 0 Å². The van der Waals surface area contributed by atoms with Crippen molar-refractivity contribution in [2.24, 2.45) is 5.92 Å². The number of carbonyl (C=O) groups excluding carboxylic acids is 5. The Hall–Kier alpha value is -2.84. The number of unbranched alkanes of at least 4 members (excludes halogenated alkanes) is 1. The largest absolute Gasteiger partial charge is 0.460 e. The van der Waals surface area contributed by atoms with Gasteiger partial charge in [0.1, 0.15) is 5.60 Å². The van der Waals surface area contributed by atoms with Crippen LogP contribution in [0.25, 0.3) is 0 Å². The maximum Gasteiger partial charge on any atom is 0.307 e. The van der Waals surface area contributed by atoms with Crippen LogP contribution in [0.1, 0.15) is 65.7 Å². The van der Waals surface area contributed by atoms with Crippen molar-refractivity contribution in [1.29, 1.82) is 0 Å². The normalized spacial score (nSPS) is 14.7. The third-order valence-electron chi connectivity index (χ3n) is 6.37. The van der Waals surface area contributed by atoms with E-state index in [-0.39, 0.29) is 55.2 Å². The number of likely N-dealkylation sites (N-methyl/N-ethyl adjacent to an activating group) is 1. The number of amides is 4. The van der Waals surface area contributed by atoms with Crippen molar-refractivity contribution < 1.29 is 46.2 Å². The molecule has 0 aromatic heterocycles. The number of hydrogen-bond acceptors (Lipinski definition) is 8. The van der Waals surface area contributed by atoms with Gasteiger partial charge in [-0.05, 0) is 40.0 Å². The summed E-state index contributed by atoms with van der Waals surface area (Å²) in [5.74, 6) is -2.64. The van der Waals surface area contributed by atoms with E-state index < -0.39 is 27.6 Å². The predicted octanol–water partition coefficient (Wildman–Crippen LogP) is 0.797. The molecule has 0 radical (unpaired) electrons. The van der Waals surface area contributed by atoms with Gasteiger partial charge in [0.25, 0.3) is 21.9 Å². The summed E-state index contributed by atoms with van der Waals surface area (Å²) in [7, 11) is -0.230. The molecule has 1 heterocycles. The summed E-state index contributed by atoms with van der Waals surface area (Å²) < 4.78 is 36.6. The van der Waals surface area contributed by atoms with E-state index in [0.717, 1.165) is 4.90 Å². The van der Waals surface area contributed by atoms with Gasteiger partial charge < -0.3 is 19.9 Å². The zero-order chi connectivity index (χ0) is 31.3. The highest BCUT2D eigenvalue weighted by atomic mass is 32.2. The minimum Gasteiger partial charge on any atom is -0.460 e. The third-order valence-corrected chi connectivity index (χ3v) is 7.18. The van der Waals surface area contributed by atoms with Gasteiger partial charge in [-0.1, -0.05) is 6.42 Å². The summed E-state index contributed by atoms with van der Waals surface area (Å²) in [5.41, 5.74) is -0.683. The first-order chi connectivity index (χ1) is 18.9. The molecule has 14 heteroatoms. The Morgan fingerprint density at radius 2 is 1.61 bits per heavy atom. The molecule has 0 fully saturated rings. The zero-order valence-corrected chi connectivity index (χ0v) is 25.8. The highest BCUT2D eigenvalue weighted by Gasteiger charge is 2.26. The first-order valence-corrected chi connectivity index (χ1v) is 15.6. The molecule has 1 aliphatic heterocycles. The second kappa shape index (κ2) is 16.6.